The Morgan fingerprint density at radius 3 is 2.65 bits per heavy atom. The minimum absolute atomic E-state index is 0.419. The molecule has 6 nitrogen and oxygen atoms in total. The third-order valence-electron chi connectivity index (χ3n) is 3.91. The van der Waals surface area contributed by atoms with Gasteiger partial charge in [0.1, 0.15) is 11.5 Å². The summed E-state index contributed by atoms with van der Waals surface area (Å²) in [5, 5.41) is 0. The van der Waals surface area contributed by atoms with Crippen LogP contribution in [-0.2, 0) is 0 Å². The summed E-state index contributed by atoms with van der Waals surface area (Å²) in [4.78, 5) is 8.83. The fourth-order valence-electron chi connectivity index (χ4n) is 2.79. The quantitative estimate of drug-likeness (QED) is 0.833. The molecule has 20 heavy (non-hydrogen) atoms. The second-order valence-electron chi connectivity index (χ2n) is 5.14. The Balaban J connectivity index is 1.98. The number of nitrogens with zero attached hydrogens (tertiary/aromatic N) is 3. The lowest BCUT2D eigenvalue weighted by atomic mass is 10.1. The molecule has 0 atom stereocenters. The minimum atomic E-state index is 0.419. The van der Waals surface area contributed by atoms with Gasteiger partial charge >= 0.3 is 0 Å². The van der Waals surface area contributed by atoms with Crippen molar-refractivity contribution in [2.75, 3.05) is 18.7 Å². The molecule has 1 aliphatic rings. The molecular formula is C14H19N5O. The van der Waals surface area contributed by atoms with E-state index in [0.29, 0.717) is 23.3 Å². The number of imidazole rings is 1. The Morgan fingerprint density at radius 2 is 2.05 bits per heavy atom. The number of nitrogens with two attached hydrogens (primary N) is 2. The van der Waals surface area contributed by atoms with Crippen molar-refractivity contribution in [2.45, 2.75) is 31.6 Å². The highest BCUT2D eigenvalue weighted by Crippen LogP contribution is 2.36. The summed E-state index contributed by atoms with van der Waals surface area (Å²) in [6.45, 7) is 0. The van der Waals surface area contributed by atoms with Gasteiger partial charge in [-0.2, -0.15) is 0 Å². The molecule has 6 heteroatoms. The standard InChI is InChI=1S/C14H19N5O/c1-20-11-7-6-10(8-17-11)12-13(15)19(16)14(18-12)9-4-2-3-5-9/h6-9H,2-5,15-16H2,1H3. The van der Waals surface area contributed by atoms with E-state index in [0.717, 1.165) is 24.2 Å². The van der Waals surface area contributed by atoms with E-state index in [9.17, 15) is 0 Å². The first-order chi connectivity index (χ1) is 9.70. The predicted molar refractivity (Wildman–Crippen MR) is 77.8 cm³/mol. The van der Waals surface area contributed by atoms with E-state index in [-0.39, 0.29) is 0 Å². The molecule has 0 radical (unpaired) electrons. The van der Waals surface area contributed by atoms with Crippen LogP contribution in [0.15, 0.2) is 18.3 Å². The zero-order valence-electron chi connectivity index (χ0n) is 11.5. The van der Waals surface area contributed by atoms with Crippen molar-refractivity contribution in [1.82, 2.24) is 14.6 Å². The fraction of sp³-hybridized carbons (Fsp3) is 0.429. The fourth-order valence-corrected chi connectivity index (χ4v) is 2.79. The molecular weight excluding hydrogens is 254 g/mol. The van der Waals surface area contributed by atoms with Crippen LogP contribution in [0.25, 0.3) is 11.3 Å². The predicted octanol–water partition coefficient (Wildman–Crippen LogP) is 1.91. The normalized spacial score (nSPS) is 15.7. The molecule has 0 spiro atoms. The smallest absolute Gasteiger partial charge is 0.212 e. The van der Waals surface area contributed by atoms with Crippen LogP contribution in [0.2, 0.25) is 0 Å². The molecule has 106 valence electrons. The van der Waals surface area contributed by atoms with Crippen molar-refractivity contribution < 1.29 is 4.74 Å². The summed E-state index contributed by atoms with van der Waals surface area (Å²) < 4.78 is 6.58. The van der Waals surface area contributed by atoms with E-state index in [4.69, 9.17) is 16.3 Å². The van der Waals surface area contributed by atoms with Gasteiger partial charge in [0.2, 0.25) is 5.88 Å². The Bertz CT molecular complexity index is 599. The van der Waals surface area contributed by atoms with Crippen molar-refractivity contribution in [1.29, 1.82) is 0 Å². The van der Waals surface area contributed by atoms with Gasteiger partial charge in [0.05, 0.1) is 7.11 Å². The number of anilines is 1. The lowest BCUT2D eigenvalue weighted by Gasteiger charge is -2.08. The first kappa shape index (κ1) is 12.8. The van der Waals surface area contributed by atoms with Gasteiger partial charge in [0, 0.05) is 23.7 Å². The summed E-state index contributed by atoms with van der Waals surface area (Å²) >= 11 is 0. The number of nitrogen functional groups attached to an aromatic ring is 2. The molecule has 0 unspecified atom stereocenters. The second-order valence-corrected chi connectivity index (χ2v) is 5.14. The maximum absolute atomic E-state index is 6.09. The third kappa shape index (κ3) is 2.07. The van der Waals surface area contributed by atoms with Crippen LogP contribution in [0.1, 0.15) is 37.4 Å². The lowest BCUT2D eigenvalue weighted by molar-refractivity contribution is 0.398. The van der Waals surface area contributed by atoms with Crippen molar-refractivity contribution in [2.24, 2.45) is 0 Å². The van der Waals surface area contributed by atoms with Crippen molar-refractivity contribution in [3.63, 3.8) is 0 Å². The second kappa shape index (κ2) is 5.03. The number of ether oxygens (including phenoxy) is 1. The van der Waals surface area contributed by atoms with Gasteiger partial charge in [0.25, 0.3) is 0 Å². The number of hydrogen-bond donors (Lipinski definition) is 2. The SMILES string of the molecule is COc1ccc(-c2nc(C3CCCC3)n(N)c2N)cn1. The number of pyridine rings is 1. The highest BCUT2D eigenvalue weighted by Gasteiger charge is 2.25. The molecule has 1 fully saturated rings. The monoisotopic (exact) mass is 273 g/mol. The molecule has 0 saturated heterocycles. The number of aromatic nitrogens is 3. The summed E-state index contributed by atoms with van der Waals surface area (Å²) in [7, 11) is 1.59. The molecule has 0 bridgehead atoms. The summed E-state index contributed by atoms with van der Waals surface area (Å²) in [5.41, 5.74) is 7.64. The van der Waals surface area contributed by atoms with E-state index in [1.165, 1.54) is 17.5 Å². The molecule has 0 aliphatic heterocycles. The van der Waals surface area contributed by atoms with Gasteiger partial charge in [-0.25, -0.2) is 14.6 Å². The Hall–Kier alpha value is -2.24. The van der Waals surface area contributed by atoms with Gasteiger partial charge < -0.3 is 16.3 Å². The molecule has 2 aromatic heterocycles. The van der Waals surface area contributed by atoms with Crippen LogP contribution in [-0.4, -0.2) is 21.8 Å². The first-order valence-corrected chi connectivity index (χ1v) is 6.84. The van der Waals surface area contributed by atoms with Crippen LogP contribution in [0, 0.1) is 0 Å². The summed E-state index contributed by atoms with van der Waals surface area (Å²) in [6, 6.07) is 3.68. The van der Waals surface area contributed by atoms with Gasteiger partial charge in [0.15, 0.2) is 5.82 Å². The van der Waals surface area contributed by atoms with Crippen LogP contribution in [0.3, 0.4) is 0 Å². The minimum Gasteiger partial charge on any atom is -0.481 e. The van der Waals surface area contributed by atoms with Gasteiger partial charge in [-0.05, 0) is 18.9 Å². The van der Waals surface area contributed by atoms with Crippen LogP contribution in [0.4, 0.5) is 5.82 Å². The zero-order chi connectivity index (χ0) is 14.1. The molecule has 1 saturated carbocycles. The molecule has 1 aliphatic carbocycles. The summed E-state index contributed by atoms with van der Waals surface area (Å²) in [6.07, 6.45) is 6.44. The Labute approximate surface area is 117 Å². The van der Waals surface area contributed by atoms with Crippen molar-refractivity contribution in [3.8, 4) is 17.1 Å². The van der Waals surface area contributed by atoms with E-state index in [2.05, 4.69) is 9.97 Å². The number of rotatable bonds is 3. The largest absolute Gasteiger partial charge is 0.481 e. The van der Waals surface area contributed by atoms with Crippen LogP contribution < -0.4 is 16.3 Å². The van der Waals surface area contributed by atoms with Gasteiger partial charge in [-0.15, -0.1) is 0 Å². The maximum Gasteiger partial charge on any atom is 0.212 e. The first-order valence-electron chi connectivity index (χ1n) is 6.84. The van der Waals surface area contributed by atoms with E-state index >= 15 is 0 Å². The van der Waals surface area contributed by atoms with Crippen LogP contribution >= 0.6 is 0 Å². The zero-order valence-corrected chi connectivity index (χ0v) is 11.5. The average Bonchev–Trinajstić information content (AvgIpc) is 3.10. The lowest BCUT2D eigenvalue weighted by Crippen LogP contribution is -2.17. The third-order valence-corrected chi connectivity index (χ3v) is 3.91. The topological polar surface area (TPSA) is 92.0 Å². The number of methoxy groups -OCH3 is 1. The van der Waals surface area contributed by atoms with Crippen molar-refractivity contribution in [3.05, 3.63) is 24.2 Å². The van der Waals surface area contributed by atoms with E-state index < -0.39 is 0 Å². The maximum atomic E-state index is 6.09. The average molecular weight is 273 g/mol. The molecule has 2 heterocycles. The number of hydrogen-bond acceptors (Lipinski definition) is 5. The van der Waals surface area contributed by atoms with E-state index in [1.807, 2.05) is 6.07 Å². The Morgan fingerprint density at radius 1 is 1.30 bits per heavy atom. The highest BCUT2D eigenvalue weighted by molar-refractivity contribution is 5.70. The molecule has 3 rings (SSSR count). The van der Waals surface area contributed by atoms with Gasteiger partial charge in [-0.3, -0.25) is 0 Å². The highest BCUT2D eigenvalue weighted by atomic mass is 16.5. The van der Waals surface area contributed by atoms with E-state index in [1.54, 1.807) is 19.4 Å². The van der Waals surface area contributed by atoms with Crippen LogP contribution in [0.5, 0.6) is 5.88 Å². The molecule has 0 amide bonds. The van der Waals surface area contributed by atoms with Gasteiger partial charge in [-0.1, -0.05) is 12.8 Å². The Kier molecular flexibility index (Phi) is 3.22. The van der Waals surface area contributed by atoms with Crippen molar-refractivity contribution >= 4 is 5.82 Å². The summed E-state index contributed by atoms with van der Waals surface area (Å²) in [5.74, 6) is 8.41. The molecule has 0 aromatic carbocycles. The molecule has 2 aromatic rings. The molecule has 4 N–H and O–H groups in total.